The maximum absolute atomic E-state index is 13.5. The van der Waals surface area contributed by atoms with Gasteiger partial charge in [-0.2, -0.15) is 0 Å². The van der Waals surface area contributed by atoms with E-state index >= 15 is 0 Å². The molecule has 4 aromatic rings. The number of ether oxygens (including phenoxy) is 1. The molecule has 0 saturated heterocycles. The molecular weight excluding hydrogens is 478 g/mol. The molecule has 0 atom stereocenters. The van der Waals surface area contributed by atoms with Gasteiger partial charge in [0.1, 0.15) is 4.83 Å². The van der Waals surface area contributed by atoms with Gasteiger partial charge in [-0.3, -0.25) is 14.2 Å². The van der Waals surface area contributed by atoms with Gasteiger partial charge >= 0.3 is 0 Å². The van der Waals surface area contributed by atoms with Crippen molar-refractivity contribution in [2.24, 2.45) is 0 Å². The maximum Gasteiger partial charge on any atom is 0.263 e. The number of thioether (sulfide) groups is 1. The van der Waals surface area contributed by atoms with E-state index in [0.717, 1.165) is 22.5 Å². The maximum atomic E-state index is 13.5. The van der Waals surface area contributed by atoms with Crippen molar-refractivity contribution in [2.75, 3.05) is 19.5 Å². The first kappa shape index (κ1) is 25.2. The second kappa shape index (κ2) is 10.8. The summed E-state index contributed by atoms with van der Waals surface area (Å²) in [6, 6.07) is 10.1. The van der Waals surface area contributed by atoms with Crippen LogP contribution in [0.4, 0.5) is 0 Å². The first-order chi connectivity index (χ1) is 16.8. The van der Waals surface area contributed by atoms with E-state index < -0.39 is 0 Å². The summed E-state index contributed by atoms with van der Waals surface area (Å²) in [6.45, 7) is 11.4. The number of methoxy groups -OCH3 is 1. The van der Waals surface area contributed by atoms with Crippen molar-refractivity contribution in [3.05, 3.63) is 81.2 Å². The molecule has 0 amide bonds. The smallest absolute Gasteiger partial charge is 0.263 e. The van der Waals surface area contributed by atoms with E-state index in [1.807, 2.05) is 56.5 Å². The topological polar surface area (TPSA) is 66.1 Å². The fourth-order valence-electron chi connectivity index (χ4n) is 4.17. The van der Waals surface area contributed by atoms with Gasteiger partial charge in [-0.15, -0.1) is 17.9 Å². The second-order valence-electron chi connectivity index (χ2n) is 8.44. The number of nitrogens with zero attached hydrogens (tertiary/aromatic N) is 3. The number of carbonyl (C=O) groups excluding carboxylic acids is 1. The van der Waals surface area contributed by atoms with Gasteiger partial charge in [0.15, 0.2) is 10.9 Å². The van der Waals surface area contributed by atoms with E-state index in [9.17, 15) is 9.59 Å². The van der Waals surface area contributed by atoms with Crippen molar-refractivity contribution in [1.29, 1.82) is 0 Å². The lowest BCUT2D eigenvalue weighted by molar-refractivity contribution is 0.102. The van der Waals surface area contributed by atoms with Crippen LogP contribution in [0.5, 0.6) is 0 Å². The number of allylic oxidation sites excluding steroid dienone is 1. The molecule has 182 valence electrons. The summed E-state index contributed by atoms with van der Waals surface area (Å²) in [4.78, 5) is 32.1. The van der Waals surface area contributed by atoms with Crippen molar-refractivity contribution in [3.8, 4) is 11.1 Å². The summed E-state index contributed by atoms with van der Waals surface area (Å²) in [5, 5.41) is 3.12. The van der Waals surface area contributed by atoms with E-state index in [1.165, 1.54) is 28.7 Å². The van der Waals surface area contributed by atoms with Crippen LogP contribution < -0.4 is 5.56 Å². The van der Waals surface area contributed by atoms with Crippen molar-refractivity contribution in [3.63, 3.8) is 0 Å². The standard InChI is InChI=1S/C27H29N3O3S2/c1-6-11-30-26(32)24-22(20-9-7-17(2)8-10-20)15-34-25(24)28-27(30)35-16-23(31)21-14-18(3)29(19(21)4)12-13-33-5/h6-10,14-15H,1,11-13,16H2,2-5H3. The Kier molecular flexibility index (Phi) is 7.74. The fraction of sp³-hybridized carbons (Fsp3) is 0.296. The normalized spacial score (nSPS) is 11.3. The van der Waals surface area contributed by atoms with Crippen LogP contribution >= 0.6 is 23.1 Å². The minimum absolute atomic E-state index is 0.0118. The Morgan fingerprint density at radius 3 is 2.63 bits per heavy atom. The number of carbonyl (C=O) groups is 1. The zero-order valence-corrected chi connectivity index (χ0v) is 22.1. The summed E-state index contributed by atoms with van der Waals surface area (Å²) in [6.07, 6.45) is 1.68. The third-order valence-corrected chi connectivity index (χ3v) is 7.91. The third kappa shape index (κ3) is 5.05. The number of rotatable bonds is 10. The van der Waals surface area contributed by atoms with Gasteiger partial charge in [0.2, 0.25) is 0 Å². The molecule has 0 radical (unpaired) electrons. The average Bonchev–Trinajstić information content (AvgIpc) is 3.39. The van der Waals surface area contributed by atoms with E-state index in [2.05, 4.69) is 11.1 Å². The fourth-order valence-corrected chi connectivity index (χ4v) is 6.05. The van der Waals surface area contributed by atoms with Crippen LogP contribution in [-0.2, 0) is 17.8 Å². The van der Waals surface area contributed by atoms with Gasteiger partial charge in [-0.1, -0.05) is 47.7 Å². The lowest BCUT2D eigenvalue weighted by atomic mass is 10.1. The highest BCUT2D eigenvalue weighted by Gasteiger charge is 2.20. The number of hydrogen-bond donors (Lipinski definition) is 0. The average molecular weight is 508 g/mol. The number of aryl methyl sites for hydroxylation is 2. The monoisotopic (exact) mass is 507 g/mol. The van der Waals surface area contributed by atoms with Gasteiger partial charge in [0, 0.05) is 48.1 Å². The predicted octanol–water partition coefficient (Wildman–Crippen LogP) is 5.66. The summed E-state index contributed by atoms with van der Waals surface area (Å²) < 4.78 is 8.90. The minimum Gasteiger partial charge on any atom is -0.383 e. The lowest BCUT2D eigenvalue weighted by Crippen LogP contribution is -2.23. The Labute approximate surface area is 213 Å². The molecule has 0 N–H and O–H groups in total. The summed E-state index contributed by atoms with van der Waals surface area (Å²) in [5.74, 6) is 0.206. The number of benzene rings is 1. The quantitative estimate of drug-likeness (QED) is 0.120. The molecule has 0 saturated carbocycles. The Balaban J connectivity index is 1.65. The summed E-state index contributed by atoms with van der Waals surface area (Å²) in [5.41, 5.74) is 5.58. The van der Waals surface area contributed by atoms with Crippen molar-refractivity contribution in [1.82, 2.24) is 14.1 Å². The molecular formula is C27H29N3O3S2. The molecule has 0 aliphatic heterocycles. The highest BCUT2D eigenvalue weighted by Crippen LogP contribution is 2.32. The molecule has 3 heterocycles. The number of ketones is 1. The van der Waals surface area contributed by atoms with Crippen LogP contribution in [0, 0.1) is 20.8 Å². The van der Waals surface area contributed by atoms with Crippen LogP contribution in [0.2, 0.25) is 0 Å². The van der Waals surface area contributed by atoms with Gasteiger partial charge < -0.3 is 9.30 Å². The first-order valence-electron chi connectivity index (χ1n) is 11.4. The Morgan fingerprint density at radius 2 is 1.94 bits per heavy atom. The van der Waals surface area contributed by atoms with Crippen LogP contribution in [-0.4, -0.2) is 39.4 Å². The van der Waals surface area contributed by atoms with Crippen LogP contribution in [0.1, 0.15) is 27.3 Å². The van der Waals surface area contributed by atoms with Crippen LogP contribution in [0.15, 0.2) is 58.3 Å². The zero-order valence-electron chi connectivity index (χ0n) is 20.5. The van der Waals surface area contributed by atoms with E-state index in [0.29, 0.717) is 40.6 Å². The minimum atomic E-state index is -0.112. The van der Waals surface area contributed by atoms with Gasteiger partial charge in [-0.05, 0) is 32.4 Å². The van der Waals surface area contributed by atoms with Gasteiger partial charge in [0.25, 0.3) is 5.56 Å². The highest BCUT2D eigenvalue weighted by molar-refractivity contribution is 7.99. The molecule has 3 aromatic heterocycles. The second-order valence-corrected chi connectivity index (χ2v) is 10.2. The predicted molar refractivity (Wildman–Crippen MR) is 145 cm³/mol. The molecule has 35 heavy (non-hydrogen) atoms. The molecule has 6 nitrogen and oxygen atoms in total. The molecule has 4 rings (SSSR count). The molecule has 0 bridgehead atoms. The van der Waals surface area contributed by atoms with Crippen LogP contribution in [0.3, 0.4) is 0 Å². The van der Waals surface area contributed by atoms with E-state index in [4.69, 9.17) is 9.72 Å². The molecule has 1 aromatic carbocycles. The molecule has 0 spiro atoms. The third-order valence-electron chi connectivity index (χ3n) is 6.06. The Hall–Kier alpha value is -2.94. The first-order valence-corrected chi connectivity index (χ1v) is 13.2. The Bertz CT molecular complexity index is 1450. The van der Waals surface area contributed by atoms with Crippen LogP contribution in [0.25, 0.3) is 21.3 Å². The number of thiophene rings is 1. The van der Waals surface area contributed by atoms with Crippen molar-refractivity contribution >= 4 is 39.1 Å². The van der Waals surface area contributed by atoms with E-state index in [1.54, 1.807) is 17.8 Å². The molecule has 0 aliphatic rings. The van der Waals surface area contributed by atoms with Gasteiger partial charge in [-0.25, -0.2) is 4.98 Å². The van der Waals surface area contributed by atoms with E-state index in [-0.39, 0.29) is 17.1 Å². The van der Waals surface area contributed by atoms with Crippen molar-refractivity contribution < 1.29 is 9.53 Å². The lowest BCUT2D eigenvalue weighted by Gasteiger charge is -2.11. The Morgan fingerprint density at radius 1 is 1.20 bits per heavy atom. The molecule has 0 fully saturated rings. The number of fused-ring (bicyclic) bond motifs is 1. The number of aromatic nitrogens is 3. The molecule has 0 unspecified atom stereocenters. The summed E-state index contributed by atoms with van der Waals surface area (Å²) in [7, 11) is 1.67. The summed E-state index contributed by atoms with van der Waals surface area (Å²) >= 11 is 2.75. The number of hydrogen-bond acceptors (Lipinski definition) is 6. The number of Topliss-reactive ketones (excluding diaryl/α,β-unsaturated/α-hetero) is 1. The largest absolute Gasteiger partial charge is 0.383 e. The van der Waals surface area contributed by atoms with Gasteiger partial charge in [0.05, 0.1) is 17.7 Å². The zero-order chi connectivity index (χ0) is 25.1. The molecule has 8 heteroatoms. The SMILES string of the molecule is C=CCn1c(SCC(=O)c2cc(C)n(CCOC)c2C)nc2scc(-c3ccc(C)cc3)c2c1=O. The highest BCUT2D eigenvalue weighted by atomic mass is 32.2. The van der Waals surface area contributed by atoms with Crippen molar-refractivity contribution in [2.45, 2.75) is 39.0 Å². The molecule has 0 aliphatic carbocycles.